The number of nitrogens with zero attached hydrogens (tertiary/aromatic N) is 1. The van der Waals surface area contributed by atoms with Crippen molar-refractivity contribution < 1.29 is 29.6 Å². The third kappa shape index (κ3) is 2.69. The molecule has 1 spiro atoms. The maximum absolute atomic E-state index is 13.5. The zero-order chi connectivity index (χ0) is 21.3. The number of benzene rings is 1. The first-order chi connectivity index (χ1) is 13.5. The number of nitrogens with one attached hydrogen (secondary N) is 1. The summed E-state index contributed by atoms with van der Waals surface area (Å²) in [6.45, 7) is 5.28. The van der Waals surface area contributed by atoms with Crippen LogP contribution < -0.4 is 15.7 Å². The molecule has 0 aromatic heterocycles. The highest BCUT2D eigenvalue weighted by Gasteiger charge is 2.74. The highest BCUT2D eigenvalue weighted by Crippen LogP contribution is 2.51. The summed E-state index contributed by atoms with van der Waals surface area (Å²) >= 11 is 6.18. The summed E-state index contributed by atoms with van der Waals surface area (Å²) in [7, 11) is 0. The Morgan fingerprint density at radius 2 is 1.97 bits per heavy atom. The van der Waals surface area contributed by atoms with Gasteiger partial charge in [-0.05, 0) is 45.4 Å². The van der Waals surface area contributed by atoms with Gasteiger partial charge in [-0.1, -0.05) is 11.6 Å². The zero-order valence-electron chi connectivity index (χ0n) is 16.3. The van der Waals surface area contributed by atoms with E-state index in [1.54, 1.807) is 44.3 Å². The number of carboxylic acid groups (broad SMARTS) is 1. The number of aliphatic carboxylic acids is 1. The number of carbonyl (C=O) groups is 4. The molecule has 4 atom stereocenters. The van der Waals surface area contributed by atoms with Gasteiger partial charge in [-0.15, -0.1) is 0 Å². The second-order valence-corrected chi connectivity index (χ2v) is 9.38. The molecule has 154 valence electrons. The molecule has 0 radical (unpaired) electrons. The van der Waals surface area contributed by atoms with Crippen LogP contribution in [0.4, 0.5) is 5.69 Å². The predicted molar refractivity (Wildman–Crippen MR) is 100 cm³/mol. The fraction of sp³-hybridized carbons (Fsp3) is 0.500. The summed E-state index contributed by atoms with van der Waals surface area (Å²) < 4.78 is 0. The number of hydrogen-bond donors (Lipinski definition) is 2. The molecule has 0 bridgehead atoms. The second-order valence-electron chi connectivity index (χ2n) is 8.94. The van der Waals surface area contributed by atoms with E-state index in [-0.39, 0.29) is 18.7 Å². The van der Waals surface area contributed by atoms with Gasteiger partial charge in [-0.3, -0.25) is 19.3 Å². The van der Waals surface area contributed by atoms with Crippen molar-refractivity contribution in [3.63, 3.8) is 0 Å². The third-order valence-corrected chi connectivity index (χ3v) is 6.42. The molecule has 3 aliphatic rings. The van der Waals surface area contributed by atoms with Crippen molar-refractivity contribution in [2.45, 2.75) is 50.7 Å². The number of anilines is 1. The number of imide groups is 1. The van der Waals surface area contributed by atoms with Gasteiger partial charge in [0.05, 0.1) is 5.69 Å². The highest BCUT2D eigenvalue weighted by molar-refractivity contribution is 6.31. The molecule has 0 unspecified atom stereocenters. The Kier molecular flexibility index (Phi) is 4.29. The fourth-order valence-electron chi connectivity index (χ4n) is 5.14. The van der Waals surface area contributed by atoms with Crippen LogP contribution in [0.3, 0.4) is 0 Å². The van der Waals surface area contributed by atoms with Crippen LogP contribution in [-0.2, 0) is 24.7 Å². The van der Waals surface area contributed by atoms with E-state index in [1.807, 2.05) is 0 Å². The second kappa shape index (κ2) is 6.27. The van der Waals surface area contributed by atoms with E-state index in [9.17, 15) is 24.3 Å². The molecule has 29 heavy (non-hydrogen) atoms. The minimum absolute atomic E-state index is 0.116. The quantitative estimate of drug-likeness (QED) is 0.631. The van der Waals surface area contributed by atoms with Crippen LogP contribution >= 0.6 is 11.6 Å². The minimum atomic E-state index is -1.35. The maximum Gasteiger partial charge on any atom is 0.291 e. The summed E-state index contributed by atoms with van der Waals surface area (Å²) in [6, 6.07) is 4.41. The summed E-state index contributed by atoms with van der Waals surface area (Å²) in [6.07, 6.45) is -0.146. The lowest BCUT2D eigenvalue weighted by molar-refractivity contribution is -0.734. The summed E-state index contributed by atoms with van der Waals surface area (Å²) in [5, 5.41) is 16.0. The lowest BCUT2D eigenvalue weighted by Crippen LogP contribution is -2.99. The minimum Gasteiger partial charge on any atom is -0.550 e. The predicted octanol–water partition coefficient (Wildman–Crippen LogP) is -0.637. The Morgan fingerprint density at radius 3 is 2.59 bits per heavy atom. The van der Waals surface area contributed by atoms with Crippen LogP contribution in [0.5, 0.6) is 0 Å². The number of likely N-dealkylation sites (tertiary alicyclic amines) is 1. The van der Waals surface area contributed by atoms with Crippen molar-refractivity contribution in [3.8, 4) is 0 Å². The largest absolute Gasteiger partial charge is 0.550 e. The van der Waals surface area contributed by atoms with Crippen molar-refractivity contribution in [2.75, 3.05) is 5.32 Å². The molecule has 0 saturated carbocycles. The Bertz CT molecular complexity index is 956. The van der Waals surface area contributed by atoms with E-state index >= 15 is 0 Å². The molecule has 9 heteroatoms. The van der Waals surface area contributed by atoms with Gasteiger partial charge in [0.2, 0.25) is 17.4 Å². The van der Waals surface area contributed by atoms with Gasteiger partial charge in [-0.25, -0.2) is 0 Å². The van der Waals surface area contributed by atoms with Crippen LogP contribution in [0.1, 0.15) is 39.2 Å². The van der Waals surface area contributed by atoms with Crippen molar-refractivity contribution in [2.24, 2.45) is 11.8 Å². The van der Waals surface area contributed by atoms with E-state index in [1.165, 1.54) is 4.90 Å². The zero-order valence-corrected chi connectivity index (χ0v) is 17.1. The van der Waals surface area contributed by atoms with Gasteiger partial charge in [-0.2, -0.15) is 0 Å². The van der Waals surface area contributed by atoms with Gasteiger partial charge in [0, 0.05) is 28.5 Å². The molecule has 1 aromatic rings. The Balaban J connectivity index is 1.88. The van der Waals surface area contributed by atoms with Crippen molar-refractivity contribution in [1.82, 2.24) is 4.90 Å². The molecule has 4 rings (SSSR count). The molecule has 3 amide bonds. The first-order valence-electron chi connectivity index (χ1n) is 9.53. The molecule has 3 aliphatic heterocycles. The van der Waals surface area contributed by atoms with Crippen molar-refractivity contribution >= 4 is 41.0 Å². The monoisotopic (exact) mass is 419 g/mol. The average Bonchev–Trinajstić information content (AvgIpc) is 3.18. The number of fused-ring (bicyclic) bond motifs is 4. The lowest BCUT2D eigenvalue weighted by atomic mass is 9.76. The SMILES string of the molecule is CC(C)(C)N1C(=O)[C@@H]2[C@H](CCC(=O)[O-])[NH2+][C@@]3(C(=O)Nc4ccc(Cl)cc43)[C@@H]2C1=O. The Labute approximate surface area is 172 Å². The number of quaternary nitrogens is 1. The first-order valence-corrected chi connectivity index (χ1v) is 9.91. The molecule has 0 aliphatic carbocycles. The van der Waals surface area contributed by atoms with Crippen LogP contribution in [0.2, 0.25) is 5.02 Å². The summed E-state index contributed by atoms with van der Waals surface area (Å²) in [4.78, 5) is 52.2. The number of carbonyl (C=O) groups excluding carboxylic acids is 4. The normalized spacial score (nSPS) is 30.7. The Morgan fingerprint density at radius 1 is 1.28 bits per heavy atom. The van der Waals surface area contributed by atoms with Gasteiger partial charge < -0.3 is 20.5 Å². The number of hydrogen-bond acceptors (Lipinski definition) is 5. The van der Waals surface area contributed by atoms with Gasteiger partial charge >= 0.3 is 0 Å². The van der Waals surface area contributed by atoms with Crippen LogP contribution in [0.15, 0.2) is 18.2 Å². The molecular formula is C20H22ClN3O5. The van der Waals surface area contributed by atoms with Crippen LogP contribution in [0, 0.1) is 11.8 Å². The molecule has 1 aromatic carbocycles. The maximum atomic E-state index is 13.5. The molecule has 8 nitrogen and oxygen atoms in total. The third-order valence-electron chi connectivity index (χ3n) is 6.18. The van der Waals surface area contributed by atoms with Crippen LogP contribution in [0.25, 0.3) is 0 Å². The van der Waals surface area contributed by atoms with Gasteiger partial charge in [0.1, 0.15) is 17.9 Å². The molecule has 2 saturated heterocycles. The first kappa shape index (κ1) is 19.8. The average molecular weight is 420 g/mol. The van der Waals surface area contributed by atoms with Gasteiger partial charge in [0.25, 0.3) is 5.91 Å². The number of rotatable bonds is 3. The van der Waals surface area contributed by atoms with E-state index < -0.39 is 46.7 Å². The number of carboxylic acids is 1. The standard InChI is InChI=1S/C20H22ClN3O5/c1-19(2,3)24-16(27)14-12(6-7-13(25)26)23-20(15(14)17(24)28)10-8-9(21)4-5-11(10)22-18(20)29/h4-5,8,12,14-15,23H,6-7H2,1-3H3,(H,22,29)(H,25,26)/t12-,14+,15-,20+/m0/s1. The van der Waals surface area contributed by atoms with E-state index in [0.29, 0.717) is 16.3 Å². The van der Waals surface area contributed by atoms with Crippen molar-refractivity contribution in [1.29, 1.82) is 0 Å². The highest BCUT2D eigenvalue weighted by atomic mass is 35.5. The smallest absolute Gasteiger partial charge is 0.291 e. The number of nitrogens with two attached hydrogens (primary N) is 1. The summed E-state index contributed by atoms with van der Waals surface area (Å²) in [5.74, 6) is -4.13. The lowest BCUT2D eigenvalue weighted by Gasteiger charge is -2.33. The Hall–Kier alpha value is -2.45. The molecule has 3 heterocycles. The van der Waals surface area contributed by atoms with Crippen molar-refractivity contribution in [3.05, 3.63) is 28.8 Å². The van der Waals surface area contributed by atoms with Gasteiger partial charge in [0.15, 0.2) is 0 Å². The topological polar surface area (TPSA) is 123 Å². The fourth-order valence-corrected chi connectivity index (χ4v) is 5.32. The van der Waals surface area contributed by atoms with E-state index in [2.05, 4.69) is 5.32 Å². The van der Waals surface area contributed by atoms with E-state index in [0.717, 1.165) is 0 Å². The summed E-state index contributed by atoms with van der Waals surface area (Å²) in [5.41, 5.74) is -1.01. The molecule has 2 fully saturated rings. The molecule has 3 N–H and O–H groups in total. The van der Waals surface area contributed by atoms with E-state index in [4.69, 9.17) is 11.6 Å². The number of halogens is 1. The molecular weight excluding hydrogens is 398 g/mol. The number of amides is 3. The van der Waals surface area contributed by atoms with Crippen LogP contribution in [-0.4, -0.2) is 40.2 Å².